The minimum absolute atomic E-state index is 0.0730. The van der Waals surface area contributed by atoms with Crippen LogP contribution in [0.1, 0.15) is 103 Å². The number of benzene rings is 2. The molecule has 6 aliphatic rings. The number of rotatable bonds is 18. The summed E-state index contributed by atoms with van der Waals surface area (Å²) >= 11 is 1.45. The maximum atomic E-state index is 14.7. The Kier molecular flexibility index (Phi) is 24.9. The molecule has 14 atom stereocenters. The number of carbonyl (C=O) groups excluding carboxylic acids is 7. The van der Waals surface area contributed by atoms with Crippen LogP contribution >= 0.6 is 11.3 Å². The van der Waals surface area contributed by atoms with E-state index in [1.54, 1.807) is 0 Å². The summed E-state index contributed by atoms with van der Waals surface area (Å²) in [5.74, 6) is -10.0. The van der Waals surface area contributed by atoms with Gasteiger partial charge in [-0.3, -0.25) is 38.1 Å². The van der Waals surface area contributed by atoms with Crippen LogP contribution in [0.5, 0.6) is 11.5 Å². The topological polar surface area (TPSA) is 485 Å². The normalized spacial score (nSPS) is 27.9. The molecule has 7 heterocycles. The van der Waals surface area contributed by atoms with Gasteiger partial charge in [-0.25, -0.2) is 9.97 Å². The number of aromatic hydroxyl groups is 1. The van der Waals surface area contributed by atoms with Crippen molar-refractivity contribution >= 4 is 74.2 Å². The highest BCUT2D eigenvalue weighted by molar-refractivity contribution is 7.81. The number of fused-ring (bicyclic) bond motifs is 2. The molecule has 5 saturated heterocycles. The van der Waals surface area contributed by atoms with Gasteiger partial charge in [-0.1, -0.05) is 67.9 Å². The monoisotopic (exact) mass is 1430 g/mol. The van der Waals surface area contributed by atoms with Crippen LogP contribution in [0.15, 0.2) is 54.9 Å². The van der Waals surface area contributed by atoms with Crippen LogP contribution in [0, 0.1) is 11.8 Å². The van der Waals surface area contributed by atoms with E-state index in [1.165, 1.54) is 44.4 Å². The average molecular weight is 1440 g/mol. The highest BCUT2D eigenvalue weighted by Crippen LogP contribution is 2.35. The average Bonchev–Trinajstić information content (AvgIpc) is 1.61. The largest absolute Gasteiger partial charge is 0.504 e. The number of aliphatic hydroxyl groups excluding tert-OH is 6. The number of β-amino-alcohol motifs (C(OH)–C–C–N with tert-alkyl or cyclic N) is 1. The second kappa shape index (κ2) is 33.3. The molecule has 7 amide bonds. The summed E-state index contributed by atoms with van der Waals surface area (Å²) in [6.07, 6.45) is 1.06. The fourth-order valence-corrected chi connectivity index (χ4v) is 15.2. The molecule has 33 nitrogen and oxygen atoms in total. The van der Waals surface area contributed by atoms with Crippen LogP contribution in [0.4, 0.5) is 11.1 Å². The number of aromatic nitrogens is 4. The summed E-state index contributed by atoms with van der Waals surface area (Å²) in [6.45, 7) is 4.18. The number of phenols is 1. The first-order chi connectivity index (χ1) is 47.7. The molecule has 0 radical (unpaired) electrons. The lowest BCUT2D eigenvalue weighted by Gasteiger charge is -2.34. The molecule has 6 fully saturated rings. The van der Waals surface area contributed by atoms with Gasteiger partial charge in [0, 0.05) is 88.1 Å². The number of anilines is 2. The number of carbonyl (C=O) groups is 7. The minimum Gasteiger partial charge on any atom is -0.504 e. The van der Waals surface area contributed by atoms with Gasteiger partial charge in [-0.05, 0) is 94.0 Å². The van der Waals surface area contributed by atoms with Gasteiger partial charge in [-0.2, -0.15) is 8.42 Å². The number of amides is 7. The van der Waals surface area contributed by atoms with Crippen molar-refractivity contribution in [1.29, 1.82) is 0 Å². The first-order valence-corrected chi connectivity index (χ1v) is 36.1. The Morgan fingerprint density at radius 2 is 1.38 bits per heavy atom. The maximum Gasteiger partial charge on any atom is 0.446 e. The van der Waals surface area contributed by atoms with Crippen molar-refractivity contribution < 1.29 is 91.2 Å². The number of piperidine rings is 1. The Bertz CT molecular complexity index is 3640. The van der Waals surface area contributed by atoms with Gasteiger partial charge < -0.3 is 96.6 Å². The summed E-state index contributed by atoms with van der Waals surface area (Å²) in [4.78, 5) is 115. The van der Waals surface area contributed by atoms with Gasteiger partial charge in [0.1, 0.15) is 35.2 Å². The van der Waals surface area contributed by atoms with Crippen LogP contribution in [0.25, 0.3) is 21.7 Å². The third-order valence-corrected chi connectivity index (χ3v) is 20.9. The molecule has 1 unspecified atom stereocenters. The second-order valence-electron chi connectivity index (χ2n) is 27.0. The Hall–Kier alpha value is -7.84. The molecule has 2 aromatic carbocycles. The quantitative estimate of drug-likeness (QED) is 0.0487. The van der Waals surface area contributed by atoms with E-state index >= 15 is 0 Å². The molecule has 0 bridgehead atoms. The second-order valence-corrected chi connectivity index (χ2v) is 29.0. The third-order valence-electron chi connectivity index (χ3n) is 19.5. The van der Waals surface area contributed by atoms with E-state index in [-0.39, 0.29) is 24.1 Å². The smallest absolute Gasteiger partial charge is 0.446 e. The van der Waals surface area contributed by atoms with Crippen molar-refractivity contribution in [1.82, 2.24) is 56.5 Å². The third kappa shape index (κ3) is 19.0. The number of aliphatic hydroxyl groups is 6. The van der Waals surface area contributed by atoms with Gasteiger partial charge in [0.2, 0.25) is 52.4 Å². The lowest BCUT2D eigenvalue weighted by molar-refractivity contribution is -0.147. The van der Waals surface area contributed by atoms with Crippen molar-refractivity contribution in [2.75, 3.05) is 62.2 Å². The number of hydrogen-bond acceptors (Lipinski definition) is 26. The van der Waals surface area contributed by atoms with Crippen molar-refractivity contribution in [3.63, 3.8) is 0 Å². The van der Waals surface area contributed by atoms with E-state index in [4.69, 9.17) is 20.4 Å². The molecular weight excluding hydrogens is 1340 g/mol. The molecule has 100 heavy (non-hydrogen) atoms. The molecular formula is C65H90N14O19S2. The van der Waals surface area contributed by atoms with Gasteiger partial charge in [0.25, 0.3) is 0 Å². The molecule has 10 rings (SSSR count). The summed E-state index contributed by atoms with van der Waals surface area (Å²) in [5, 5.41) is 102. The number of nitrogens with zero attached hydrogens (tertiary/aromatic N) is 8. The Morgan fingerprint density at radius 1 is 0.720 bits per heavy atom. The highest BCUT2D eigenvalue weighted by Gasteiger charge is 2.50. The predicted octanol–water partition coefficient (Wildman–Crippen LogP) is -1.84. The van der Waals surface area contributed by atoms with Crippen LogP contribution < -0.4 is 46.3 Å². The minimum atomic E-state index is -5.23. The Balaban J connectivity index is 0.833. The van der Waals surface area contributed by atoms with Crippen molar-refractivity contribution in [2.45, 2.75) is 189 Å². The van der Waals surface area contributed by atoms with E-state index in [1.807, 2.05) is 36.7 Å². The first kappa shape index (κ1) is 74.8. The summed E-state index contributed by atoms with van der Waals surface area (Å²) in [5.41, 5.74) is 8.02. The fourth-order valence-electron chi connectivity index (χ4n) is 14.0. The van der Waals surface area contributed by atoms with Crippen LogP contribution in [-0.4, -0.2) is 257 Å². The van der Waals surface area contributed by atoms with Crippen LogP contribution in [0.3, 0.4) is 0 Å². The number of hydrogen-bond donors (Lipinski definition) is 14. The fraction of sp³-hybridized carbons (Fsp3) is 0.615. The van der Waals surface area contributed by atoms with E-state index in [9.17, 15) is 82.3 Å². The Morgan fingerprint density at radius 3 is 2.07 bits per heavy atom. The predicted molar refractivity (Wildman–Crippen MR) is 359 cm³/mol. The van der Waals surface area contributed by atoms with E-state index in [0.717, 1.165) is 88.5 Å². The number of phenolic OH excluding ortho intramolecular Hbond substituents is 1. The zero-order chi connectivity index (χ0) is 71.7. The lowest BCUT2D eigenvalue weighted by atomic mass is 9.97. The first-order valence-electron chi connectivity index (χ1n) is 34.0. The molecule has 15 N–H and O–H groups in total. The summed E-state index contributed by atoms with van der Waals surface area (Å²) in [6, 6.07) is -0.322. The standard InChI is InChI=1S/C65H90N14O19S2/c1-34-32-79-55(56(34)87)60(91)68-31-41(81)25-45(67-28-36-7-6-19-77(20-16-36)65-75-74-61(99-65)39-13-11-38(12-14-39)40-29-69-64(70-30-40)76-21-17-44(18-22-76)97-43-8-4-3-5-9-43)57(88)71-52(35(2)80)62(92)78-33-42(82)26-46(78)58(89)72-53(59(90)73-54(63(79)93)49(85)27-51(66)86)48(84)23-37-10-15-47(83)50(24-37)98-100(94,95)96/h10-15,24,29-30,34-36,41-46,48-49,52-56,67,80-85,87H,3-9,16-23,25-28,31-33H2,1-2H3,(H2,66,86)(H,68,91)(H,71,88)(H,72,89)(H,73,90)(H,94,95,96)/t34-,35+,36?,41+,42+,45-,46-,48+,49+,52-,53-,54-,55-,56-/m0/s1. The van der Waals surface area contributed by atoms with E-state index in [2.05, 4.69) is 50.8 Å². The van der Waals surface area contributed by atoms with Gasteiger partial charge in [-0.15, -0.1) is 10.2 Å². The van der Waals surface area contributed by atoms with E-state index < -0.39 is 187 Å². The molecule has 546 valence electrons. The Labute approximate surface area is 581 Å². The molecule has 35 heteroatoms. The lowest BCUT2D eigenvalue weighted by Crippen LogP contribution is -2.64. The molecule has 4 aromatic rings. The SMILES string of the molecule is C[C@@H](O)[C@@H]1NC(=O)[C@@H](NCC2CCCN(c3nnc(-c4ccc(-c5cnc(N6CCC(OC7CCCCC7)CC6)nc5)cc4)s3)CC2)C[C@@H](O)CNC(=O)[C@@H]2[C@@H](O)[C@@H](C)CN2C(=O)[C@H]([C@H](O)CC(N)=O)NC(=O)[C@H]([C@H](O)Cc2ccc(O)c(OS(=O)(=O)O)c2)NC(=O)[C@@H]2C[C@@H](O)CN2C1=O. The molecule has 1 saturated carbocycles. The van der Waals surface area contributed by atoms with Crippen molar-refractivity contribution in [3.05, 3.63) is 60.4 Å². The molecule has 2 aromatic heterocycles. The number of nitrogens with two attached hydrogens (primary N) is 1. The van der Waals surface area contributed by atoms with Crippen molar-refractivity contribution in [3.8, 4) is 33.2 Å². The zero-order valence-electron chi connectivity index (χ0n) is 55.5. The van der Waals surface area contributed by atoms with Crippen molar-refractivity contribution in [2.24, 2.45) is 17.6 Å². The van der Waals surface area contributed by atoms with Crippen LogP contribution in [-0.2, 0) is 55.1 Å². The molecule has 5 aliphatic heterocycles. The number of nitrogens with one attached hydrogen (secondary N) is 5. The summed E-state index contributed by atoms with van der Waals surface area (Å²) < 4.78 is 43.4. The van der Waals surface area contributed by atoms with Crippen LogP contribution in [0.2, 0.25) is 0 Å². The number of ether oxygens (including phenoxy) is 1. The molecule has 0 spiro atoms. The number of primary amides is 1. The van der Waals surface area contributed by atoms with E-state index in [0.29, 0.717) is 49.5 Å². The summed E-state index contributed by atoms with van der Waals surface area (Å²) in [7, 11) is -5.23. The highest BCUT2D eigenvalue weighted by atomic mass is 32.3. The maximum absolute atomic E-state index is 14.7. The zero-order valence-corrected chi connectivity index (χ0v) is 57.2. The molecule has 1 aliphatic carbocycles. The van der Waals surface area contributed by atoms with Gasteiger partial charge in [0.05, 0.1) is 61.3 Å². The van der Waals surface area contributed by atoms with Gasteiger partial charge >= 0.3 is 10.4 Å². The van der Waals surface area contributed by atoms with Gasteiger partial charge in [0.15, 0.2) is 11.5 Å².